The molecule has 8 heteroatoms. The van der Waals surface area contributed by atoms with Crippen molar-refractivity contribution in [1.29, 1.82) is 0 Å². The van der Waals surface area contributed by atoms with Gasteiger partial charge in [0.1, 0.15) is 6.54 Å². The Morgan fingerprint density at radius 1 is 1.56 bits per heavy atom. The fourth-order valence-electron chi connectivity index (χ4n) is 1.03. The number of hydrogen-bond donors (Lipinski definition) is 2. The highest BCUT2D eigenvalue weighted by Gasteiger charge is 2.23. The summed E-state index contributed by atoms with van der Waals surface area (Å²) in [5.41, 5.74) is 5.11. The third-order valence-corrected chi connectivity index (χ3v) is 1.68. The Morgan fingerprint density at radius 2 is 2.25 bits per heavy atom. The average Bonchev–Trinajstić information content (AvgIpc) is 2.62. The number of nitrogens with zero attached hydrogens (tertiary/aromatic N) is 3. The minimum Gasteiger partial charge on any atom is -0.480 e. The van der Waals surface area contributed by atoms with E-state index in [0.29, 0.717) is 0 Å². The van der Waals surface area contributed by atoms with E-state index in [-0.39, 0.29) is 18.1 Å². The quantitative estimate of drug-likeness (QED) is 0.640. The highest BCUT2D eigenvalue weighted by Crippen LogP contribution is 2.08. The molecule has 0 saturated heterocycles. The number of aromatic nitrogens is 2. The molecule has 0 aromatic carbocycles. The van der Waals surface area contributed by atoms with Crippen LogP contribution in [0.4, 0.5) is 5.82 Å². The molecule has 8 nitrogen and oxygen atoms in total. The number of nitrogen functional groups attached to an aromatic ring is 1. The second kappa shape index (κ2) is 4.91. The van der Waals surface area contributed by atoms with Crippen LogP contribution in [0.15, 0.2) is 17.3 Å². The standard InChI is InChI=1S/C8H10N4O4/c1-2-3-12(4-5(13)14)8(15)6-7(9)11-16-10-6/h2H,1,3-4H2,(H2,9,11)(H,13,14). The fourth-order valence-corrected chi connectivity index (χ4v) is 1.03. The second-order valence-electron chi connectivity index (χ2n) is 2.87. The lowest BCUT2D eigenvalue weighted by Crippen LogP contribution is -2.36. The Bertz CT molecular complexity index is 414. The smallest absolute Gasteiger partial charge is 0.323 e. The number of anilines is 1. The van der Waals surface area contributed by atoms with Crippen LogP contribution in [0.25, 0.3) is 0 Å². The van der Waals surface area contributed by atoms with E-state index in [9.17, 15) is 9.59 Å². The molecule has 1 aromatic rings. The van der Waals surface area contributed by atoms with Crippen molar-refractivity contribution >= 4 is 17.7 Å². The van der Waals surface area contributed by atoms with Crippen LogP contribution < -0.4 is 5.73 Å². The Labute approximate surface area is 90.3 Å². The molecular formula is C8H10N4O4. The van der Waals surface area contributed by atoms with Crippen molar-refractivity contribution in [2.75, 3.05) is 18.8 Å². The van der Waals surface area contributed by atoms with Crippen LogP contribution in [0.2, 0.25) is 0 Å². The predicted molar refractivity (Wildman–Crippen MR) is 52.4 cm³/mol. The van der Waals surface area contributed by atoms with Crippen LogP contribution in [0.3, 0.4) is 0 Å². The molecular weight excluding hydrogens is 216 g/mol. The van der Waals surface area contributed by atoms with Crippen LogP contribution in [0.1, 0.15) is 10.5 Å². The first-order valence-corrected chi connectivity index (χ1v) is 4.26. The van der Waals surface area contributed by atoms with Crippen molar-refractivity contribution in [2.45, 2.75) is 0 Å². The molecule has 0 spiro atoms. The number of carbonyl (C=O) groups is 2. The summed E-state index contributed by atoms with van der Waals surface area (Å²) in [7, 11) is 0. The van der Waals surface area contributed by atoms with Gasteiger partial charge in [-0.15, -0.1) is 6.58 Å². The van der Waals surface area contributed by atoms with E-state index >= 15 is 0 Å². The lowest BCUT2D eigenvalue weighted by atomic mass is 10.3. The summed E-state index contributed by atoms with van der Waals surface area (Å²) in [6.07, 6.45) is 1.39. The van der Waals surface area contributed by atoms with E-state index in [1.165, 1.54) is 6.08 Å². The summed E-state index contributed by atoms with van der Waals surface area (Å²) in [4.78, 5) is 23.3. The first-order valence-electron chi connectivity index (χ1n) is 4.26. The highest BCUT2D eigenvalue weighted by molar-refractivity contribution is 5.97. The van der Waals surface area contributed by atoms with Gasteiger partial charge in [-0.05, 0) is 10.3 Å². The van der Waals surface area contributed by atoms with Crippen molar-refractivity contribution in [2.24, 2.45) is 0 Å². The Kier molecular flexibility index (Phi) is 3.59. The fraction of sp³-hybridized carbons (Fsp3) is 0.250. The van der Waals surface area contributed by atoms with Crippen molar-refractivity contribution in [3.8, 4) is 0 Å². The zero-order valence-electron chi connectivity index (χ0n) is 8.29. The van der Waals surface area contributed by atoms with E-state index in [1.807, 2.05) is 0 Å². The monoisotopic (exact) mass is 226 g/mol. The number of nitrogens with two attached hydrogens (primary N) is 1. The van der Waals surface area contributed by atoms with Gasteiger partial charge in [0, 0.05) is 6.54 Å². The normalized spacial score (nSPS) is 9.75. The number of carbonyl (C=O) groups excluding carboxylic acids is 1. The summed E-state index contributed by atoms with van der Waals surface area (Å²) in [6.45, 7) is 3.01. The van der Waals surface area contributed by atoms with Gasteiger partial charge in [0.15, 0.2) is 0 Å². The first-order chi connectivity index (χ1) is 7.56. The molecule has 1 amide bonds. The largest absolute Gasteiger partial charge is 0.480 e. The summed E-state index contributed by atoms with van der Waals surface area (Å²) in [6, 6.07) is 0. The van der Waals surface area contributed by atoms with Gasteiger partial charge in [0.25, 0.3) is 5.91 Å². The molecule has 0 atom stereocenters. The summed E-state index contributed by atoms with van der Waals surface area (Å²) < 4.78 is 4.25. The minimum atomic E-state index is -1.15. The van der Waals surface area contributed by atoms with Gasteiger partial charge in [-0.2, -0.15) is 0 Å². The zero-order valence-corrected chi connectivity index (χ0v) is 8.29. The molecule has 0 unspecified atom stereocenters. The van der Waals surface area contributed by atoms with Crippen molar-refractivity contribution < 1.29 is 19.3 Å². The van der Waals surface area contributed by atoms with E-state index in [4.69, 9.17) is 10.8 Å². The maximum atomic E-state index is 11.7. The average molecular weight is 226 g/mol. The van der Waals surface area contributed by atoms with Gasteiger partial charge in [-0.25, -0.2) is 4.63 Å². The van der Waals surface area contributed by atoms with Gasteiger partial charge in [-0.1, -0.05) is 6.08 Å². The SMILES string of the molecule is C=CCN(CC(=O)O)C(=O)c1nonc1N. The molecule has 86 valence electrons. The number of rotatable bonds is 5. The van der Waals surface area contributed by atoms with Crippen LogP contribution in [-0.2, 0) is 4.79 Å². The molecule has 0 fully saturated rings. The van der Waals surface area contributed by atoms with Crippen molar-refractivity contribution in [1.82, 2.24) is 15.2 Å². The van der Waals surface area contributed by atoms with E-state index < -0.39 is 18.4 Å². The summed E-state index contributed by atoms with van der Waals surface area (Å²) in [5.74, 6) is -1.99. The Morgan fingerprint density at radius 3 is 2.69 bits per heavy atom. The van der Waals surface area contributed by atoms with Gasteiger partial charge in [0.2, 0.25) is 11.5 Å². The molecule has 0 aliphatic rings. The molecule has 0 aliphatic carbocycles. The molecule has 0 radical (unpaired) electrons. The third kappa shape index (κ3) is 2.56. The lowest BCUT2D eigenvalue weighted by molar-refractivity contribution is -0.137. The van der Waals surface area contributed by atoms with E-state index in [0.717, 1.165) is 4.90 Å². The molecule has 1 rings (SSSR count). The van der Waals surface area contributed by atoms with Crippen molar-refractivity contribution in [3.05, 3.63) is 18.3 Å². The number of carboxylic acids is 1. The van der Waals surface area contributed by atoms with Crippen LogP contribution in [0, 0.1) is 0 Å². The molecule has 0 bridgehead atoms. The maximum absolute atomic E-state index is 11.7. The topological polar surface area (TPSA) is 123 Å². The van der Waals surface area contributed by atoms with Gasteiger partial charge < -0.3 is 15.7 Å². The molecule has 0 saturated carbocycles. The van der Waals surface area contributed by atoms with E-state index in [2.05, 4.69) is 21.5 Å². The third-order valence-electron chi connectivity index (χ3n) is 1.68. The van der Waals surface area contributed by atoms with Gasteiger partial charge in [0.05, 0.1) is 0 Å². The second-order valence-corrected chi connectivity index (χ2v) is 2.87. The molecule has 1 aromatic heterocycles. The van der Waals surface area contributed by atoms with Crippen LogP contribution >= 0.6 is 0 Å². The molecule has 0 aliphatic heterocycles. The highest BCUT2D eigenvalue weighted by atomic mass is 16.6. The number of hydrogen-bond acceptors (Lipinski definition) is 6. The predicted octanol–water partition coefficient (Wildman–Crippen LogP) is -0.635. The van der Waals surface area contributed by atoms with Gasteiger partial charge in [-0.3, -0.25) is 9.59 Å². The van der Waals surface area contributed by atoms with Crippen molar-refractivity contribution in [3.63, 3.8) is 0 Å². The number of carboxylic acid groups (broad SMARTS) is 1. The minimum absolute atomic E-state index is 0.0669. The van der Waals surface area contributed by atoms with Gasteiger partial charge >= 0.3 is 5.97 Å². The molecule has 16 heavy (non-hydrogen) atoms. The first kappa shape index (κ1) is 11.7. The Balaban J connectivity index is 2.86. The number of amides is 1. The van der Waals surface area contributed by atoms with E-state index in [1.54, 1.807) is 0 Å². The van der Waals surface area contributed by atoms with Crippen LogP contribution in [-0.4, -0.2) is 45.3 Å². The maximum Gasteiger partial charge on any atom is 0.323 e. The Hall–Kier alpha value is -2.38. The molecule has 3 N–H and O–H groups in total. The number of aliphatic carboxylic acids is 1. The van der Waals surface area contributed by atoms with Crippen LogP contribution in [0.5, 0.6) is 0 Å². The zero-order chi connectivity index (χ0) is 12.1. The molecule has 1 heterocycles. The summed E-state index contributed by atoms with van der Waals surface area (Å²) >= 11 is 0. The summed E-state index contributed by atoms with van der Waals surface area (Å²) in [5, 5.41) is 15.1. The lowest BCUT2D eigenvalue weighted by Gasteiger charge is -2.16.